The van der Waals surface area contributed by atoms with Crippen LogP contribution in [0.15, 0.2) is 42.5 Å². The average Bonchev–Trinajstić information content (AvgIpc) is 2.62. The quantitative estimate of drug-likeness (QED) is 0.728. The lowest BCUT2D eigenvalue weighted by Gasteiger charge is -2.15. The minimum absolute atomic E-state index is 0.158. The van der Waals surface area contributed by atoms with Crippen molar-refractivity contribution in [1.29, 1.82) is 0 Å². The lowest BCUT2D eigenvalue weighted by molar-refractivity contribution is -0.155. The van der Waals surface area contributed by atoms with Crippen molar-refractivity contribution < 1.29 is 23.9 Å². The van der Waals surface area contributed by atoms with Gasteiger partial charge in [-0.25, -0.2) is 4.79 Å². The largest absolute Gasteiger partial charge is 0.481 e. The second-order valence-electron chi connectivity index (χ2n) is 6.09. The number of ether oxygens (including phenoxy) is 2. The van der Waals surface area contributed by atoms with E-state index in [1.165, 1.54) is 19.1 Å². The molecule has 0 aromatic heterocycles. The van der Waals surface area contributed by atoms with Crippen LogP contribution in [0.25, 0.3) is 0 Å². The highest BCUT2D eigenvalue weighted by Crippen LogP contribution is 2.18. The molecule has 2 rings (SSSR count). The SMILES string of the molecule is Cc1ccc(NC(=O)[C@H](C)OC(=O)COc2ccccc2C(N)=O)c(C)c1. The van der Waals surface area contributed by atoms with Gasteiger partial charge in [-0.05, 0) is 44.5 Å². The van der Waals surface area contributed by atoms with Gasteiger partial charge in [0, 0.05) is 5.69 Å². The second kappa shape index (κ2) is 8.84. The van der Waals surface area contributed by atoms with Gasteiger partial charge in [0.1, 0.15) is 5.75 Å². The smallest absolute Gasteiger partial charge is 0.344 e. The van der Waals surface area contributed by atoms with Gasteiger partial charge in [-0.15, -0.1) is 0 Å². The number of benzene rings is 2. The fourth-order valence-corrected chi connectivity index (χ4v) is 2.41. The number of nitrogens with two attached hydrogens (primary N) is 1. The molecule has 142 valence electrons. The average molecular weight is 370 g/mol. The first-order valence-electron chi connectivity index (χ1n) is 8.37. The number of hydrogen-bond donors (Lipinski definition) is 2. The Bertz CT molecular complexity index is 863. The number of aryl methyl sites for hydroxylation is 2. The topological polar surface area (TPSA) is 108 Å². The lowest BCUT2D eigenvalue weighted by Crippen LogP contribution is -2.32. The summed E-state index contributed by atoms with van der Waals surface area (Å²) in [5.41, 5.74) is 8.05. The van der Waals surface area contributed by atoms with Crippen LogP contribution in [0.5, 0.6) is 5.75 Å². The number of primary amides is 1. The van der Waals surface area contributed by atoms with Crippen molar-refractivity contribution >= 4 is 23.5 Å². The van der Waals surface area contributed by atoms with Crippen LogP contribution in [0.1, 0.15) is 28.4 Å². The Hall–Kier alpha value is -3.35. The van der Waals surface area contributed by atoms with Crippen molar-refractivity contribution in [3.8, 4) is 5.75 Å². The van der Waals surface area contributed by atoms with Gasteiger partial charge in [-0.2, -0.15) is 0 Å². The van der Waals surface area contributed by atoms with Gasteiger partial charge in [0.25, 0.3) is 11.8 Å². The number of anilines is 1. The summed E-state index contributed by atoms with van der Waals surface area (Å²) >= 11 is 0. The molecule has 0 bridgehead atoms. The van der Waals surface area contributed by atoms with Crippen molar-refractivity contribution in [3.63, 3.8) is 0 Å². The lowest BCUT2D eigenvalue weighted by atomic mass is 10.1. The monoisotopic (exact) mass is 370 g/mol. The molecule has 3 N–H and O–H groups in total. The molecule has 0 aliphatic carbocycles. The number of esters is 1. The first-order chi connectivity index (χ1) is 12.8. The molecule has 7 heteroatoms. The highest BCUT2D eigenvalue weighted by molar-refractivity contribution is 5.96. The number of nitrogens with one attached hydrogen (secondary N) is 1. The molecule has 0 aliphatic rings. The molecular formula is C20H22N2O5. The van der Waals surface area contributed by atoms with E-state index >= 15 is 0 Å². The summed E-state index contributed by atoms with van der Waals surface area (Å²) in [6, 6.07) is 11.9. The number of hydrogen-bond acceptors (Lipinski definition) is 5. The summed E-state index contributed by atoms with van der Waals surface area (Å²) in [5.74, 6) is -1.68. The van der Waals surface area contributed by atoms with E-state index in [-0.39, 0.29) is 11.3 Å². The minimum atomic E-state index is -1.01. The third kappa shape index (κ3) is 5.57. The minimum Gasteiger partial charge on any atom is -0.481 e. The van der Waals surface area contributed by atoms with Crippen molar-refractivity contribution in [2.75, 3.05) is 11.9 Å². The maximum Gasteiger partial charge on any atom is 0.344 e. The van der Waals surface area contributed by atoms with Gasteiger partial charge in [-0.3, -0.25) is 9.59 Å². The maximum absolute atomic E-state index is 12.2. The Morgan fingerprint density at radius 3 is 2.48 bits per heavy atom. The van der Waals surface area contributed by atoms with Gasteiger partial charge in [-0.1, -0.05) is 29.8 Å². The fraction of sp³-hybridized carbons (Fsp3) is 0.250. The zero-order valence-electron chi connectivity index (χ0n) is 15.4. The van der Waals surface area contributed by atoms with Gasteiger partial charge < -0.3 is 20.5 Å². The highest BCUT2D eigenvalue weighted by Gasteiger charge is 2.19. The zero-order valence-corrected chi connectivity index (χ0v) is 15.4. The molecule has 0 heterocycles. The van der Waals surface area contributed by atoms with E-state index in [1.54, 1.807) is 18.2 Å². The predicted octanol–water partition coefficient (Wildman–Crippen LogP) is 2.35. The normalized spacial score (nSPS) is 11.4. The fourth-order valence-electron chi connectivity index (χ4n) is 2.41. The van der Waals surface area contributed by atoms with Crippen molar-refractivity contribution in [3.05, 3.63) is 59.2 Å². The molecule has 2 aromatic carbocycles. The summed E-state index contributed by atoms with van der Waals surface area (Å²) in [6.45, 7) is 4.85. The van der Waals surface area contributed by atoms with Crippen LogP contribution in [0.2, 0.25) is 0 Å². The van der Waals surface area contributed by atoms with Crippen LogP contribution in [0.4, 0.5) is 5.69 Å². The van der Waals surface area contributed by atoms with E-state index in [9.17, 15) is 14.4 Å². The maximum atomic E-state index is 12.2. The number of para-hydroxylation sites is 1. The number of carbonyl (C=O) groups excluding carboxylic acids is 3. The molecule has 0 saturated carbocycles. The summed E-state index contributed by atoms with van der Waals surface area (Å²) in [6.07, 6.45) is -1.01. The van der Waals surface area contributed by atoms with Gasteiger partial charge >= 0.3 is 5.97 Å². The van der Waals surface area contributed by atoms with E-state index in [1.807, 2.05) is 26.0 Å². The van der Waals surface area contributed by atoms with Crippen LogP contribution in [0.3, 0.4) is 0 Å². The first kappa shape index (κ1) is 20.0. The van der Waals surface area contributed by atoms with Gasteiger partial charge in [0.2, 0.25) is 0 Å². The van der Waals surface area contributed by atoms with E-state index in [2.05, 4.69) is 5.32 Å². The molecule has 0 aliphatic heterocycles. The number of rotatable bonds is 7. The molecular weight excluding hydrogens is 348 g/mol. The van der Waals surface area contributed by atoms with Crippen LogP contribution < -0.4 is 15.8 Å². The van der Waals surface area contributed by atoms with Crippen molar-refractivity contribution in [2.45, 2.75) is 26.9 Å². The Balaban J connectivity index is 1.89. The van der Waals surface area contributed by atoms with E-state index < -0.39 is 30.5 Å². The van der Waals surface area contributed by atoms with Crippen LogP contribution >= 0.6 is 0 Å². The number of carbonyl (C=O) groups is 3. The van der Waals surface area contributed by atoms with Crippen molar-refractivity contribution in [2.24, 2.45) is 5.73 Å². The first-order valence-corrected chi connectivity index (χ1v) is 8.37. The highest BCUT2D eigenvalue weighted by atomic mass is 16.6. The number of amides is 2. The van der Waals surface area contributed by atoms with Gasteiger partial charge in [0.05, 0.1) is 5.56 Å². The molecule has 0 spiro atoms. The summed E-state index contributed by atoms with van der Waals surface area (Å²) in [4.78, 5) is 35.5. The summed E-state index contributed by atoms with van der Waals surface area (Å²) in [7, 11) is 0. The molecule has 0 saturated heterocycles. The molecule has 2 aromatic rings. The van der Waals surface area contributed by atoms with Gasteiger partial charge in [0.15, 0.2) is 12.7 Å². The standard InChI is InChI=1S/C20H22N2O5/c1-12-8-9-16(13(2)10-12)22-20(25)14(3)27-18(23)11-26-17-7-5-4-6-15(17)19(21)24/h4-10,14H,11H2,1-3H3,(H2,21,24)(H,22,25)/t14-/m0/s1. The molecule has 2 amide bonds. The summed E-state index contributed by atoms with van der Waals surface area (Å²) in [5, 5.41) is 2.72. The van der Waals surface area contributed by atoms with E-state index in [0.29, 0.717) is 5.69 Å². The molecule has 0 unspecified atom stereocenters. The Morgan fingerprint density at radius 2 is 1.81 bits per heavy atom. The Morgan fingerprint density at radius 1 is 1.11 bits per heavy atom. The zero-order chi connectivity index (χ0) is 20.0. The Kier molecular flexibility index (Phi) is 6.54. The van der Waals surface area contributed by atoms with E-state index in [4.69, 9.17) is 15.2 Å². The van der Waals surface area contributed by atoms with Crippen LogP contribution in [-0.2, 0) is 14.3 Å². The second-order valence-corrected chi connectivity index (χ2v) is 6.09. The molecule has 27 heavy (non-hydrogen) atoms. The van der Waals surface area contributed by atoms with Crippen LogP contribution in [0, 0.1) is 13.8 Å². The Labute approximate surface area is 157 Å². The third-order valence-corrected chi connectivity index (χ3v) is 3.82. The third-order valence-electron chi connectivity index (χ3n) is 3.82. The van der Waals surface area contributed by atoms with E-state index in [0.717, 1.165) is 11.1 Å². The van der Waals surface area contributed by atoms with Crippen LogP contribution in [-0.4, -0.2) is 30.5 Å². The molecule has 7 nitrogen and oxygen atoms in total. The molecule has 0 fully saturated rings. The predicted molar refractivity (Wildman–Crippen MR) is 101 cm³/mol. The van der Waals surface area contributed by atoms with Crippen molar-refractivity contribution in [1.82, 2.24) is 0 Å². The molecule has 0 radical (unpaired) electrons. The molecule has 1 atom stereocenters. The summed E-state index contributed by atoms with van der Waals surface area (Å²) < 4.78 is 10.4.